The van der Waals surface area contributed by atoms with Gasteiger partial charge in [0.15, 0.2) is 0 Å². The highest BCUT2D eigenvalue weighted by molar-refractivity contribution is 9.10. The predicted octanol–water partition coefficient (Wildman–Crippen LogP) is 3.86. The van der Waals surface area contributed by atoms with Crippen molar-refractivity contribution in [2.24, 2.45) is 0 Å². The Bertz CT molecular complexity index is 566. The number of hydrogen-bond acceptors (Lipinski definition) is 3. The molecule has 20 heavy (non-hydrogen) atoms. The molecule has 1 aromatic carbocycles. The monoisotopic (exact) mass is 334 g/mol. The van der Waals surface area contributed by atoms with Crippen LogP contribution in [0.1, 0.15) is 29.7 Å². The number of pyridine rings is 1. The zero-order chi connectivity index (χ0) is 14.5. The summed E-state index contributed by atoms with van der Waals surface area (Å²) in [6, 6.07) is 8.54. The van der Waals surface area contributed by atoms with Crippen molar-refractivity contribution in [2.75, 3.05) is 13.7 Å². The van der Waals surface area contributed by atoms with Crippen molar-refractivity contribution in [3.05, 3.63) is 57.8 Å². The van der Waals surface area contributed by atoms with Gasteiger partial charge in [0.2, 0.25) is 0 Å². The molecule has 0 amide bonds. The first-order chi connectivity index (χ1) is 9.63. The van der Waals surface area contributed by atoms with Crippen molar-refractivity contribution in [3.8, 4) is 5.75 Å². The summed E-state index contributed by atoms with van der Waals surface area (Å²) >= 11 is 3.55. The minimum Gasteiger partial charge on any atom is -0.492 e. The maximum atomic E-state index is 5.52. The van der Waals surface area contributed by atoms with E-state index < -0.39 is 0 Å². The summed E-state index contributed by atoms with van der Waals surface area (Å²) < 4.78 is 6.61. The normalized spacial score (nSPS) is 12.2. The molecular formula is C16H19BrN2O. The number of nitrogens with one attached hydrogen (secondary N) is 1. The van der Waals surface area contributed by atoms with Crippen LogP contribution in [-0.2, 0) is 0 Å². The molecule has 0 bridgehead atoms. The smallest absolute Gasteiger partial charge is 0.137 e. The molecule has 1 aromatic heterocycles. The summed E-state index contributed by atoms with van der Waals surface area (Å²) in [5.74, 6) is 0.803. The number of halogens is 1. The van der Waals surface area contributed by atoms with Crippen molar-refractivity contribution < 1.29 is 4.74 Å². The fourth-order valence-corrected chi connectivity index (χ4v) is 2.92. The number of rotatable bonds is 5. The second-order valence-corrected chi connectivity index (χ2v) is 5.59. The molecule has 0 spiro atoms. The van der Waals surface area contributed by atoms with Crippen molar-refractivity contribution in [1.82, 2.24) is 10.3 Å². The summed E-state index contributed by atoms with van der Waals surface area (Å²) in [4.78, 5) is 4.27. The first kappa shape index (κ1) is 15.0. The van der Waals surface area contributed by atoms with Crippen LogP contribution in [0.3, 0.4) is 0 Å². The standard InChI is InChI=1S/C16H19BrN2O/c1-4-20-15-8-13(9-19-10-15)16(18-3)12-5-11(2)6-14(17)7-12/h5-10,16,18H,4H2,1-3H3. The van der Waals surface area contributed by atoms with E-state index in [0.717, 1.165) is 15.8 Å². The maximum absolute atomic E-state index is 5.52. The lowest BCUT2D eigenvalue weighted by Crippen LogP contribution is -2.18. The van der Waals surface area contributed by atoms with E-state index in [4.69, 9.17) is 4.74 Å². The number of nitrogens with zero attached hydrogens (tertiary/aromatic N) is 1. The van der Waals surface area contributed by atoms with Gasteiger partial charge in [0.05, 0.1) is 18.8 Å². The van der Waals surface area contributed by atoms with E-state index in [-0.39, 0.29) is 6.04 Å². The molecule has 0 aliphatic heterocycles. The zero-order valence-corrected chi connectivity index (χ0v) is 13.6. The molecule has 0 saturated heterocycles. The molecule has 0 aliphatic rings. The molecule has 4 heteroatoms. The summed E-state index contributed by atoms with van der Waals surface area (Å²) in [5, 5.41) is 3.34. The van der Waals surface area contributed by atoms with Crippen molar-refractivity contribution in [1.29, 1.82) is 0 Å². The molecular weight excluding hydrogens is 316 g/mol. The summed E-state index contributed by atoms with van der Waals surface area (Å²) in [7, 11) is 1.95. The molecule has 0 fully saturated rings. The zero-order valence-electron chi connectivity index (χ0n) is 12.0. The average Bonchev–Trinajstić information content (AvgIpc) is 2.39. The summed E-state index contributed by atoms with van der Waals surface area (Å²) in [6.07, 6.45) is 3.62. The van der Waals surface area contributed by atoms with Gasteiger partial charge in [-0.15, -0.1) is 0 Å². The molecule has 3 nitrogen and oxygen atoms in total. The van der Waals surface area contributed by atoms with Crippen molar-refractivity contribution in [2.45, 2.75) is 19.9 Å². The Morgan fingerprint density at radius 1 is 1.20 bits per heavy atom. The number of hydrogen-bond donors (Lipinski definition) is 1. The Kier molecular flexibility index (Phi) is 5.15. The number of aryl methyl sites for hydroxylation is 1. The minimum atomic E-state index is 0.0964. The van der Waals surface area contributed by atoms with Gasteiger partial charge in [0.25, 0.3) is 0 Å². The Labute approximate surface area is 128 Å². The highest BCUT2D eigenvalue weighted by atomic mass is 79.9. The lowest BCUT2D eigenvalue weighted by atomic mass is 9.99. The first-order valence-corrected chi connectivity index (χ1v) is 7.45. The van der Waals surface area contributed by atoms with Crippen LogP contribution in [0.15, 0.2) is 41.1 Å². The van der Waals surface area contributed by atoms with Gasteiger partial charge >= 0.3 is 0 Å². The summed E-state index contributed by atoms with van der Waals surface area (Å²) in [5.41, 5.74) is 3.52. The Morgan fingerprint density at radius 2 is 2.00 bits per heavy atom. The quantitative estimate of drug-likeness (QED) is 0.901. The van der Waals surface area contributed by atoms with Gasteiger partial charge in [-0.2, -0.15) is 0 Å². The highest BCUT2D eigenvalue weighted by Gasteiger charge is 2.14. The molecule has 0 radical (unpaired) electrons. The van der Waals surface area contributed by atoms with Crippen LogP contribution < -0.4 is 10.1 Å². The van der Waals surface area contributed by atoms with Gasteiger partial charge in [-0.3, -0.25) is 4.98 Å². The number of benzene rings is 1. The van der Waals surface area contributed by atoms with Crippen LogP contribution in [0.4, 0.5) is 0 Å². The van der Waals surface area contributed by atoms with E-state index in [9.17, 15) is 0 Å². The third-order valence-corrected chi connectivity index (χ3v) is 3.52. The predicted molar refractivity (Wildman–Crippen MR) is 85.2 cm³/mol. The SMILES string of the molecule is CCOc1cncc(C(NC)c2cc(C)cc(Br)c2)c1. The molecule has 0 aliphatic carbocycles. The molecule has 2 aromatic rings. The largest absolute Gasteiger partial charge is 0.492 e. The van der Waals surface area contributed by atoms with Crippen molar-refractivity contribution >= 4 is 15.9 Å². The third kappa shape index (κ3) is 3.58. The van der Waals surface area contributed by atoms with Crippen LogP contribution in [-0.4, -0.2) is 18.6 Å². The third-order valence-electron chi connectivity index (χ3n) is 3.07. The molecule has 2 rings (SSSR count). The Hall–Kier alpha value is -1.39. The van der Waals surface area contributed by atoms with E-state index in [2.05, 4.69) is 51.4 Å². The molecule has 1 N–H and O–H groups in total. The molecule has 0 saturated carbocycles. The van der Waals surface area contributed by atoms with Crippen LogP contribution in [0.2, 0.25) is 0 Å². The fraction of sp³-hybridized carbons (Fsp3) is 0.312. The topological polar surface area (TPSA) is 34.1 Å². The van der Waals surface area contributed by atoms with E-state index >= 15 is 0 Å². The molecule has 1 atom stereocenters. The fourth-order valence-electron chi connectivity index (χ4n) is 2.30. The Morgan fingerprint density at radius 3 is 2.65 bits per heavy atom. The molecule has 1 unspecified atom stereocenters. The van der Waals surface area contributed by atoms with Crippen LogP contribution >= 0.6 is 15.9 Å². The lowest BCUT2D eigenvalue weighted by Gasteiger charge is -2.18. The lowest BCUT2D eigenvalue weighted by molar-refractivity contribution is 0.338. The second-order valence-electron chi connectivity index (χ2n) is 4.67. The van der Waals surface area contributed by atoms with Gasteiger partial charge < -0.3 is 10.1 Å². The van der Waals surface area contributed by atoms with Crippen molar-refractivity contribution in [3.63, 3.8) is 0 Å². The maximum Gasteiger partial charge on any atom is 0.137 e. The van der Waals surface area contributed by atoms with Gasteiger partial charge in [-0.05, 0) is 55.8 Å². The van der Waals surface area contributed by atoms with Crippen LogP contribution in [0.25, 0.3) is 0 Å². The van der Waals surface area contributed by atoms with E-state index in [0.29, 0.717) is 6.61 Å². The first-order valence-electron chi connectivity index (χ1n) is 6.66. The summed E-state index contributed by atoms with van der Waals surface area (Å²) in [6.45, 7) is 4.71. The Balaban J connectivity index is 2.38. The minimum absolute atomic E-state index is 0.0964. The van der Waals surface area contributed by atoms with Gasteiger partial charge in [0, 0.05) is 10.7 Å². The van der Waals surface area contributed by atoms with Crippen LogP contribution in [0, 0.1) is 6.92 Å². The highest BCUT2D eigenvalue weighted by Crippen LogP contribution is 2.27. The van der Waals surface area contributed by atoms with Gasteiger partial charge in [0.1, 0.15) is 5.75 Å². The van der Waals surface area contributed by atoms with Crippen LogP contribution in [0.5, 0.6) is 5.75 Å². The van der Waals surface area contributed by atoms with Gasteiger partial charge in [-0.25, -0.2) is 0 Å². The van der Waals surface area contributed by atoms with Gasteiger partial charge in [-0.1, -0.05) is 22.0 Å². The number of aromatic nitrogens is 1. The molecule has 106 valence electrons. The van der Waals surface area contributed by atoms with E-state index in [1.165, 1.54) is 11.1 Å². The second kappa shape index (κ2) is 6.86. The average molecular weight is 335 g/mol. The molecule has 1 heterocycles. The van der Waals surface area contributed by atoms with E-state index in [1.54, 1.807) is 6.20 Å². The number of ether oxygens (including phenoxy) is 1. The van der Waals surface area contributed by atoms with E-state index in [1.807, 2.05) is 26.2 Å².